The van der Waals surface area contributed by atoms with E-state index in [-0.39, 0.29) is 36.7 Å². The number of nitrogens with one attached hydrogen (secondary N) is 1. The highest BCUT2D eigenvalue weighted by molar-refractivity contribution is 5.85. The zero-order chi connectivity index (χ0) is 20.3. The number of halogens is 4. The van der Waals surface area contributed by atoms with E-state index in [2.05, 4.69) is 5.32 Å². The second-order valence-corrected chi connectivity index (χ2v) is 7.52. The van der Waals surface area contributed by atoms with E-state index in [0.29, 0.717) is 17.5 Å². The van der Waals surface area contributed by atoms with Crippen LogP contribution in [0.15, 0.2) is 48.5 Å². The van der Waals surface area contributed by atoms with Gasteiger partial charge in [-0.25, -0.2) is 0 Å². The second kappa shape index (κ2) is 9.63. The molecule has 2 aromatic carbocycles. The molecule has 0 bridgehead atoms. The fraction of sp³-hybridized carbons (Fsp3) is 0.409. The number of hydrogen-bond acceptors (Lipinski definition) is 2. The van der Waals surface area contributed by atoms with Gasteiger partial charge in [0.1, 0.15) is 0 Å². The van der Waals surface area contributed by atoms with Crippen molar-refractivity contribution in [1.29, 1.82) is 0 Å². The van der Waals surface area contributed by atoms with Gasteiger partial charge < -0.3 is 10.2 Å². The van der Waals surface area contributed by atoms with Crippen molar-refractivity contribution < 1.29 is 18.0 Å². The van der Waals surface area contributed by atoms with Crippen LogP contribution in [0.25, 0.3) is 0 Å². The van der Waals surface area contributed by atoms with Crippen LogP contribution in [0, 0.1) is 12.8 Å². The Balaban J connectivity index is 0.00000300. The molecule has 0 spiro atoms. The minimum Gasteiger partial charge on any atom is -0.341 e. The van der Waals surface area contributed by atoms with Crippen molar-refractivity contribution in [3.63, 3.8) is 0 Å². The van der Waals surface area contributed by atoms with E-state index in [9.17, 15) is 18.0 Å². The third kappa shape index (κ3) is 5.73. The highest BCUT2D eigenvalue weighted by Crippen LogP contribution is 2.32. The molecule has 7 heteroatoms. The zero-order valence-corrected chi connectivity index (χ0v) is 17.3. The van der Waals surface area contributed by atoms with Gasteiger partial charge in [0.15, 0.2) is 0 Å². The Morgan fingerprint density at radius 3 is 2.52 bits per heavy atom. The van der Waals surface area contributed by atoms with E-state index in [1.165, 1.54) is 0 Å². The molecule has 158 valence electrons. The Kier molecular flexibility index (Phi) is 7.72. The number of piperidine rings is 1. The van der Waals surface area contributed by atoms with Gasteiger partial charge in [-0.3, -0.25) is 4.79 Å². The van der Waals surface area contributed by atoms with Crippen LogP contribution < -0.4 is 5.32 Å². The molecule has 3 nitrogen and oxygen atoms in total. The smallest absolute Gasteiger partial charge is 0.341 e. The summed E-state index contributed by atoms with van der Waals surface area (Å²) in [6, 6.07) is 13.9. The number of aryl methyl sites for hydroxylation is 1. The molecule has 2 aromatic rings. The number of carbonyl (C=O) groups is 1. The lowest BCUT2D eigenvalue weighted by atomic mass is 9.80. The predicted octanol–water partition coefficient (Wildman–Crippen LogP) is 4.79. The highest BCUT2D eigenvalue weighted by Gasteiger charge is 2.34. The Labute approximate surface area is 175 Å². The Morgan fingerprint density at radius 2 is 1.86 bits per heavy atom. The van der Waals surface area contributed by atoms with Crippen molar-refractivity contribution in [3.05, 3.63) is 70.8 Å². The molecule has 0 saturated carbocycles. The Morgan fingerprint density at radius 1 is 1.17 bits per heavy atom. The molecule has 0 radical (unpaired) electrons. The predicted molar refractivity (Wildman–Crippen MR) is 110 cm³/mol. The maximum atomic E-state index is 13.1. The first-order valence-electron chi connectivity index (χ1n) is 9.44. The molecule has 0 aromatic heterocycles. The minimum absolute atomic E-state index is 0. The number of alkyl halides is 3. The van der Waals surface area contributed by atoms with Crippen LogP contribution in [-0.4, -0.2) is 30.9 Å². The fourth-order valence-corrected chi connectivity index (χ4v) is 3.96. The molecule has 1 aliphatic rings. The zero-order valence-electron chi connectivity index (χ0n) is 16.5. The summed E-state index contributed by atoms with van der Waals surface area (Å²) in [5.41, 5.74) is 1.46. The van der Waals surface area contributed by atoms with Gasteiger partial charge in [0.05, 0.1) is 5.56 Å². The number of amides is 1. The van der Waals surface area contributed by atoms with E-state index >= 15 is 0 Å². The quantitative estimate of drug-likeness (QED) is 0.762. The monoisotopic (exact) mass is 426 g/mol. The van der Waals surface area contributed by atoms with Crippen molar-refractivity contribution in [2.24, 2.45) is 5.92 Å². The molecular weight excluding hydrogens is 401 g/mol. The maximum absolute atomic E-state index is 13.1. The topological polar surface area (TPSA) is 32.3 Å². The molecule has 1 fully saturated rings. The molecule has 29 heavy (non-hydrogen) atoms. The van der Waals surface area contributed by atoms with Gasteiger partial charge >= 0.3 is 6.18 Å². The molecule has 0 aliphatic carbocycles. The molecule has 2 unspecified atom stereocenters. The number of benzene rings is 2. The molecule has 1 N–H and O–H groups in total. The first-order chi connectivity index (χ1) is 13.3. The average molecular weight is 427 g/mol. The summed E-state index contributed by atoms with van der Waals surface area (Å²) in [6.07, 6.45) is -3.68. The normalized spacial score (nSPS) is 19.3. The van der Waals surface area contributed by atoms with Gasteiger partial charge in [-0.1, -0.05) is 42.0 Å². The molecule has 1 heterocycles. The van der Waals surface area contributed by atoms with Crippen LogP contribution in [0.2, 0.25) is 0 Å². The fourth-order valence-electron chi connectivity index (χ4n) is 3.96. The van der Waals surface area contributed by atoms with Crippen LogP contribution in [0.1, 0.15) is 34.6 Å². The number of carbonyl (C=O) groups excluding carboxylic acids is 1. The van der Waals surface area contributed by atoms with Gasteiger partial charge in [-0.15, -0.1) is 12.4 Å². The standard InChI is InChI=1S/C22H25F3N2O.ClH/c1-15-10-16(12-18(11-15)22(23,24)25)14-27(2)21(28)19-8-9-26-13-20(19)17-6-4-3-5-7-17;/h3-7,10-12,19-20,26H,8-9,13-14H2,1-2H3;1H. The minimum atomic E-state index is -4.39. The molecule has 1 amide bonds. The van der Waals surface area contributed by atoms with E-state index < -0.39 is 11.7 Å². The largest absolute Gasteiger partial charge is 0.416 e. The van der Waals surface area contributed by atoms with E-state index in [1.54, 1.807) is 24.9 Å². The van der Waals surface area contributed by atoms with Crippen LogP contribution in [0.4, 0.5) is 13.2 Å². The summed E-state index contributed by atoms with van der Waals surface area (Å²) < 4.78 is 39.3. The van der Waals surface area contributed by atoms with Crippen molar-refractivity contribution in [1.82, 2.24) is 10.2 Å². The van der Waals surface area contributed by atoms with Gasteiger partial charge in [0, 0.05) is 32.0 Å². The van der Waals surface area contributed by atoms with Crippen molar-refractivity contribution in [2.45, 2.75) is 32.0 Å². The van der Waals surface area contributed by atoms with Crippen molar-refractivity contribution in [2.75, 3.05) is 20.1 Å². The summed E-state index contributed by atoms with van der Waals surface area (Å²) in [5, 5.41) is 3.34. The lowest BCUT2D eigenvalue weighted by molar-refractivity contribution is -0.137. The summed E-state index contributed by atoms with van der Waals surface area (Å²) in [5.74, 6) is -0.140. The molecular formula is C22H26ClF3N2O. The van der Waals surface area contributed by atoms with Crippen LogP contribution in [-0.2, 0) is 17.5 Å². The number of hydrogen-bond donors (Lipinski definition) is 1. The number of rotatable bonds is 4. The van der Waals surface area contributed by atoms with Crippen molar-refractivity contribution in [3.8, 4) is 0 Å². The molecule has 2 atom stereocenters. The Bertz CT molecular complexity index is 827. The van der Waals surface area contributed by atoms with Gasteiger partial charge in [-0.05, 0) is 43.1 Å². The first kappa shape index (κ1) is 23.2. The second-order valence-electron chi connectivity index (χ2n) is 7.52. The lowest BCUT2D eigenvalue weighted by Crippen LogP contribution is -2.43. The average Bonchev–Trinajstić information content (AvgIpc) is 2.67. The van der Waals surface area contributed by atoms with Gasteiger partial charge in [0.25, 0.3) is 0 Å². The Hall–Kier alpha value is -2.05. The van der Waals surface area contributed by atoms with E-state index in [0.717, 1.165) is 30.8 Å². The molecule has 3 rings (SSSR count). The SMILES string of the molecule is Cc1cc(CN(C)C(=O)C2CCNCC2c2ccccc2)cc(C(F)(F)F)c1.Cl. The lowest BCUT2D eigenvalue weighted by Gasteiger charge is -2.34. The van der Waals surface area contributed by atoms with E-state index in [4.69, 9.17) is 0 Å². The van der Waals surface area contributed by atoms with Crippen LogP contribution in [0.3, 0.4) is 0 Å². The highest BCUT2D eigenvalue weighted by atomic mass is 35.5. The maximum Gasteiger partial charge on any atom is 0.416 e. The van der Waals surface area contributed by atoms with Crippen LogP contribution >= 0.6 is 12.4 Å². The van der Waals surface area contributed by atoms with Crippen LogP contribution in [0.5, 0.6) is 0 Å². The molecule has 1 saturated heterocycles. The van der Waals surface area contributed by atoms with Gasteiger partial charge in [-0.2, -0.15) is 13.2 Å². The van der Waals surface area contributed by atoms with E-state index in [1.807, 2.05) is 30.3 Å². The molecule has 1 aliphatic heterocycles. The van der Waals surface area contributed by atoms with Gasteiger partial charge in [0.2, 0.25) is 5.91 Å². The summed E-state index contributed by atoms with van der Waals surface area (Å²) >= 11 is 0. The summed E-state index contributed by atoms with van der Waals surface area (Å²) in [4.78, 5) is 14.7. The summed E-state index contributed by atoms with van der Waals surface area (Å²) in [7, 11) is 1.67. The third-order valence-corrected chi connectivity index (χ3v) is 5.29. The summed E-state index contributed by atoms with van der Waals surface area (Å²) in [6.45, 7) is 3.28. The van der Waals surface area contributed by atoms with Crippen molar-refractivity contribution >= 4 is 18.3 Å². The third-order valence-electron chi connectivity index (χ3n) is 5.29. The first-order valence-corrected chi connectivity index (χ1v) is 9.44. The number of nitrogens with zero attached hydrogens (tertiary/aromatic N) is 1.